The molecule has 4 rings (SSSR count). The number of halogens is 2. The Morgan fingerprint density at radius 3 is 2.65 bits per heavy atom. The first-order valence-corrected chi connectivity index (χ1v) is 12.2. The number of pyridine rings is 1. The number of carboxylic acid groups (broad SMARTS) is 1. The SMILES string of the molecule is CC(=O)O.CCc1nc(/C(N)=C(\COc2noc(CC3CC3)n2)N(C)N)ccc1N1CCCC(F)(F)C1. The third-order valence-corrected chi connectivity index (χ3v) is 5.98. The molecular formula is C24H35F2N7O4. The molecule has 0 aromatic carbocycles. The molecule has 3 heterocycles. The Hall–Kier alpha value is -3.48. The van der Waals surface area contributed by atoms with E-state index >= 15 is 0 Å². The molecule has 0 spiro atoms. The second-order valence-corrected chi connectivity index (χ2v) is 9.29. The molecule has 2 aromatic rings. The summed E-state index contributed by atoms with van der Waals surface area (Å²) in [5, 5.41) is 12.6. The van der Waals surface area contributed by atoms with Crippen LogP contribution in [0.5, 0.6) is 6.01 Å². The molecule has 0 unspecified atom stereocenters. The lowest BCUT2D eigenvalue weighted by Gasteiger charge is -2.35. The summed E-state index contributed by atoms with van der Waals surface area (Å²) in [6, 6.07) is 3.65. The molecule has 0 radical (unpaired) electrons. The van der Waals surface area contributed by atoms with Crippen molar-refractivity contribution >= 4 is 17.4 Å². The molecule has 0 atom stereocenters. The third kappa shape index (κ3) is 8.27. The van der Waals surface area contributed by atoms with Crippen LogP contribution >= 0.6 is 0 Å². The van der Waals surface area contributed by atoms with Gasteiger partial charge in [-0.3, -0.25) is 4.79 Å². The quantitative estimate of drug-likeness (QED) is 0.328. The molecule has 1 aliphatic heterocycles. The minimum Gasteiger partial charge on any atom is -0.481 e. The van der Waals surface area contributed by atoms with Crippen LogP contribution in [0.1, 0.15) is 56.8 Å². The Balaban J connectivity index is 0.000000886. The van der Waals surface area contributed by atoms with Gasteiger partial charge in [-0.15, -0.1) is 0 Å². The van der Waals surface area contributed by atoms with Gasteiger partial charge in [-0.05, 0) is 48.9 Å². The topological polar surface area (TPSA) is 157 Å². The normalized spacial score (nSPS) is 17.4. The highest BCUT2D eigenvalue weighted by Crippen LogP contribution is 2.33. The highest BCUT2D eigenvalue weighted by Gasteiger charge is 2.36. The summed E-state index contributed by atoms with van der Waals surface area (Å²) in [6.07, 6.45) is 4.07. The van der Waals surface area contributed by atoms with Crippen LogP contribution in [0.25, 0.3) is 5.70 Å². The van der Waals surface area contributed by atoms with Crippen molar-refractivity contribution in [1.82, 2.24) is 20.1 Å². The molecule has 2 aromatic heterocycles. The minimum absolute atomic E-state index is 0.0183. The first-order valence-electron chi connectivity index (χ1n) is 12.2. The number of rotatable bonds is 9. The minimum atomic E-state index is -2.69. The van der Waals surface area contributed by atoms with E-state index in [1.165, 1.54) is 17.9 Å². The fourth-order valence-electron chi connectivity index (χ4n) is 3.96. The zero-order chi connectivity index (χ0) is 27.2. The fourth-order valence-corrected chi connectivity index (χ4v) is 3.96. The van der Waals surface area contributed by atoms with Crippen LogP contribution in [0.2, 0.25) is 0 Å². The maximum absolute atomic E-state index is 13.9. The number of piperidine rings is 1. The predicted molar refractivity (Wildman–Crippen MR) is 133 cm³/mol. The summed E-state index contributed by atoms with van der Waals surface area (Å²) in [6.45, 7) is 3.31. The number of aliphatic carboxylic acids is 1. The van der Waals surface area contributed by atoms with Crippen LogP contribution in [-0.2, 0) is 17.6 Å². The predicted octanol–water partition coefficient (Wildman–Crippen LogP) is 2.82. The molecule has 1 aliphatic carbocycles. The number of hydrogen-bond donors (Lipinski definition) is 3. The first kappa shape index (κ1) is 28.1. The van der Waals surface area contributed by atoms with Crippen molar-refractivity contribution in [2.24, 2.45) is 17.5 Å². The van der Waals surface area contributed by atoms with Crippen molar-refractivity contribution in [3.05, 3.63) is 35.1 Å². The number of aromatic nitrogens is 3. The molecule has 1 saturated carbocycles. The Kier molecular flexibility index (Phi) is 9.24. The number of likely N-dealkylation sites (N-methyl/N-ethyl adjacent to an activating group) is 1. The molecule has 2 fully saturated rings. The number of nitrogens with two attached hydrogens (primary N) is 2. The molecule has 204 valence electrons. The number of anilines is 1. The van der Waals surface area contributed by atoms with E-state index in [1.54, 1.807) is 24.1 Å². The van der Waals surface area contributed by atoms with Crippen LogP contribution in [-0.4, -0.2) is 63.9 Å². The van der Waals surface area contributed by atoms with E-state index < -0.39 is 11.9 Å². The molecule has 5 N–H and O–H groups in total. The molecule has 13 heteroatoms. The summed E-state index contributed by atoms with van der Waals surface area (Å²) in [5.74, 6) is 3.65. The summed E-state index contributed by atoms with van der Waals surface area (Å²) in [4.78, 5) is 19.6. The van der Waals surface area contributed by atoms with Gasteiger partial charge in [0, 0.05) is 33.4 Å². The Labute approximate surface area is 214 Å². The molecular weight excluding hydrogens is 488 g/mol. The lowest BCUT2D eigenvalue weighted by molar-refractivity contribution is -0.134. The second-order valence-electron chi connectivity index (χ2n) is 9.29. The maximum atomic E-state index is 13.9. The van der Waals surface area contributed by atoms with E-state index in [4.69, 9.17) is 30.7 Å². The van der Waals surface area contributed by atoms with Crippen LogP contribution in [0, 0.1) is 5.92 Å². The van der Waals surface area contributed by atoms with Gasteiger partial charge in [0.05, 0.1) is 35.0 Å². The Morgan fingerprint density at radius 2 is 2.05 bits per heavy atom. The largest absolute Gasteiger partial charge is 0.481 e. The van der Waals surface area contributed by atoms with Gasteiger partial charge in [0.15, 0.2) is 0 Å². The van der Waals surface area contributed by atoms with Crippen LogP contribution in [0.4, 0.5) is 14.5 Å². The van der Waals surface area contributed by atoms with Gasteiger partial charge in [0.25, 0.3) is 11.9 Å². The number of alkyl halides is 2. The van der Waals surface area contributed by atoms with E-state index in [-0.39, 0.29) is 25.6 Å². The highest BCUT2D eigenvalue weighted by atomic mass is 19.3. The van der Waals surface area contributed by atoms with Crippen molar-refractivity contribution in [3.8, 4) is 6.01 Å². The average molecular weight is 524 g/mol. The number of hydrazine groups is 1. The maximum Gasteiger partial charge on any atom is 0.354 e. The van der Waals surface area contributed by atoms with E-state index in [9.17, 15) is 8.78 Å². The number of carbonyl (C=O) groups is 1. The van der Waals surface area contributed by atoms with E-state index in [1.807, 2.05) is 6.92 Å². The van der Waals surface area contributed by atoms with Gasteiger partial charge in [-0.1, -0.05) is 6.92 Å². The van der Waals surface area contributed by atoms with Crippen molar-refractivity contribution in [2.45, 2.75) is 58.3 Å². The number of aryl methyl sites for hydroxylation is 1. The van der Waals surface area contributed by atoms with Gasteiger partial charge >= 0.3 is 6.01 Å². The zero-order valence-electron chi connectivity index (χ0n) is 21.4. The van der Waals surface area contributed by atoms with Gasteiger partial charge in [0.2, 0.25) is 5.89 Å². The number of nitrogens with zero attached hydrogens (tertiary/aromatic N) is 5. The van der Waals surface area contributed by atoms with Crippen molar-refractivity contribution in [1.29, 1.82) is 0 Å². The summed E-state index contributed by atoms with van der Waals surface area (Å²) >= 11 is 0. The van der Waals surface area contributed by atoms with E-state index in [2.05, 4.69) is 15.1 Å². The van der Waals surface area contributed by atoms with Crippen molar-refractivity contribution < 1.29 is 27.9 Å². The van der Waals surface area contributed by atoms with Crippen molar-refractivity contribution in [2.75, 3.05) is 31.6 Å². The molecule has 37 heavy (non-hydrogen) atoms. The van der Waals surface area contributed by atoms with Crippen molar-refractivity contribution in [3.63, 3.8) is 0 Å². The lowest BCUT2D eigenvalue weighted by Crippen LogP contribution is -2.43. The fraction of sp³-hybridized carbons (Fsp3) is 0.583. The second kappa shape index (κ2) is 12.2. The van der Waals surface area contributed by atoms with E-state index in [0.29, 0.717) is 59.7 Å². The smallest absolute Gasteiger partial charge is 0.354 e. The molecule has 11 nitrogen and oxygen atoms in total. The molecule has 2 aliphatic rings. The number of ether oxygens (including phenoxy) is 1. The highest BCUT2D eigenvalue weighted by molar-refractivity contribution is 5.65. The zero-order valence-corrected chi connectivity index (χ0v) is 21.4. The molecule has 0 amide bonds. The summed E-state index contributed by atoms with van der Waals surface area (Å²) in [7, 11) is 1.64. The molecule has 1 saturated heterocycles. The Morgan fingerprint density at radius 1 is 1.35 bits per heavy atom. The van der Waals surface area contributed by atoms with Gasteiger partial charge < -0.3 is 30.0 Å². The van der Waals surface area contributed by atoms with Gasteiger partial charge in [-0.25, -0.2) is 19.6 Å². The van der Waals surface area contributed by atoms with Crippen LogP contribution in [0.15, 0.2) is 22.4 Å². The van der Waals surface area contributed by atoms with E-state index in [0.717, 1.165) is 13.3 Å². The number of carboxylic acids is 1. The average Bonchev–Trinajstić information content (AvgIpc) is 3.53. The monoisotopic (exact) mass is 523 g/mol. The summed E-state index contributed by atoms with van der Waals surface area (Å²) < 4.78 is 38.7. The van der Waals surface area contributed by atoms with Gasteiger partial charge in [0.1, 0.15) is 6.61 Å². The number of hydrogen-bond acceptors (Lipinski definition) is 10. The van der Waals surface area contributed by atoms with Crippen LogP contribution < -0.4 is 21.2 Å². The molecule has 0 bridgehead atoms. The first-order chi connectivity index (χ1) is 17.5. The lowest BCUT2D eigenvalue weighted by atomic mass is 10.1. The summed E-state index contributed by atoms with van der Waals surface area (Å²) in [5.41, 5.74) is 9.12. The van der Waals surface area contributed by atoms with Gasteiger partial charge in [-0.2, -0.15) is 4.98 Å². The Bertz CT molecular complexity index is 1100. The van der Waals surface area contributed by atoms with Crippen LogP contribution in [0.3, 0.4) is 0 Å². The standard InChI is InChI=1S/C22H31F2N7O2.C2H4O2/c1-3-15-17(31-10-4-9-22(23,24)13-31)8-7-16(27-15)20(25)18(30(2)26)12-32-21-28-19(33-29-21)11-14-5-6-14;1-2(3)4/h7-8,14H,3-6,9-13,25-26H2,1-2H3;1H3,(H,3,4)/b20-18-;. The third-order valence-electron chi connectivity index (χ3n) is 5.98.